The fourth-order valence-corrected chi connectivity index (χ4v) is 3.05. The third-order valence-corrected chi connectivity index (χ3v) is 4.43. The van der Waals surface area contributed by atoms with Crippen molar-refractivity contribution in [3.05, 3.63) is 47.0 Å². The molecule has 6 heteroatoms. The van der Waals surface area contributed by atoms with Gasteiger partial charge in [0.15, 0.2) is 11.5 Å². The first-order chi connectivity index (χ1) is 11.4. The summed E-state index contributed by atoms with van der Waals surface area (Å²) in [6, 6.07) is 5.15. The zero-order valence-electron chi connectivity index (χ0n) is 14.3. The molecule has 0 spiro atoms. The minimum Gasteiger partial charge on any atom is -0.503 e. The van der Waals surface area contributed by atoms with Crippen LogP contribution in [0.15, 0.2) is 35.6 Å². The van der Waals surface area contributed by atoms with Crippen molar-refractivity contribution in [1.29, 1.82) is 0 Å². The summed E-state index contributed by atoms with van der Waals surface area (Å²) in [5.41, 5.74) is 0.185. The van der Waals surface area contributed by atoms with E-state index in [0.717, 1.165) is 13.1 Å². The highest BCUT2D eigenvalue weighted by Gasteiger charge is 2.43. The lowest BCUT2D eigenvalue weighted by Gasteiger charge is -2.29. The predicted octanol–water partition coefficient (Wildman–Crippen LogP) is 2.45. The smallest absolute Gasteiger partial charge is 0.290 e. The highest BCUT2D eigenvalue weighted by molar-refractivity contribution is 6.08. The van der Waals surface area contributed by atoms with Crippen molar-refractivity contribution >= 4 is 11.7 Å². The van der Waals surface area contributed by atoms with Crippen molar-refractivity contribution in [3.8, 4) is 0 Å². The number of rotatable bonds is 7. The summed E-state index contributed by atoms with van der Waals surface area (Å²) in [4.78, 5) is 27.9. The number of benzene rings is 1. The van der Waals surface area contributed by atoms with Crippen LogP contribution < -0.4 is 0 Å². The topological polar surface area (TPSA) is 60.9 Å². The molecule has 5 nitrogen and oxygen atoms in total. The molecule has 2 rings (SSSR count). The van der Waals surface area contributed by atoms with Crippen molar-refractivity contribution in [2.45, 2.75) is 26.8 Å². The van der Waals surface area contributed by atoms with Gasteiger partial charge in [-0.3, -0.25) is 9.59 Å². The van der Waals surface area contributed by atoms with E-state index in [2.05, 4.69) is 4.90 Å². The summed E-state index contributed by atoms with van der Waals surface area (Å²) in [6.45, 7) is 7.84. The van der Waals surface area contributed by atoms with Crippen LogP contribution in [0.3, 0.4) is 0 Å². The van der Waals surface area contributed by atoms with Gasteiger partial charge >= 0.3 is 0 Å². The van der Waals surface area contributed by atoms with Gasteiger partial charge in [0.05, 0.1) is 11.6 Å². The molecule has 1 amide bonds. The molecule has 1 aromatic rings. The van der Waals surface area contributed by atoms with Crippen molar-refractivity contribution in [2.75, 3.05) is 26.2 Å². The lowest BCUT2D eigenvalue weighted by molar-refractivity contribution is -0.129. The first-order valence-electron chi connectivity index (χ1n) is 8.14. The van der Waals surface area contributed by atoms with E-state index in [4.69, 9.17) is 0 Å². The van der Waals surface area contributed by atoms with Crippen molar-refractivity contribution in [2.24, 2.45) is 0 Å². The molecule has 0 radical (unpaired) electrons. The SMILES string of the molecule is CCN(CC)CCN1C(=O)C(O)=C(C(C)=O)[C@@H]1c1ccccc1F. The number of carbonyl (C=O) groups is 2. The van der Waals surface area contributed by atoms with E-state index in [1.54, 1.807) is 18.2 Å². The third-order valence-electron chi connectivity index (χ3n) is 4.43. The summed E-state index contributed by atoms with van der Waals surface area (Å²) < 4.78 is 14.3. The molecule has 130 valence electrons. The Morgan fingerprint density at radius 2 is 1.92 bits per heavy atom. The molecule has 1 heterocycles. The van der Waals surface area contributed by atoms with E-state index < -0.39 is 29.3 Å². The summed E-state index contributed by atoms with van der Waals surface area (Å²) in [5.74, 6) is -2.13. The molecule has 0 aliphatic carbocycles. The van der Waals surface area contributed by atoms with E-state index in [-0.39, 0.29) is 11.1 Å². The lowest BCUT2D eigenvalue weighted by atomic mass is 9.96. The summed E-state index contributed by atoms with van der Waals surface area (Å²) in [6.07, 6.45) is 0. The monoisotopic (exact) mass is 334 g/mol. The second-order valence-corrected chi connectivity index (χ2v) is 5.77. The average molecular weight is 334 g/mol. The number of aliphatic hydroxyl groups is 1. The molecule has 0 saturated heterocycles. The van der Waals surface area contributed by atoms with Gasteiger partial charge in [0.25, 0.3) is 5.91 Å². The molecule has 1 aliphatic heterocycles. The van der Waals surface area contributed by atoms with Crippen LogP contribution in [0.4, 0.5) is 4.39 Å². The van der Waals surface area contributed by atoms with Crippen LogP contribution >= 0.6 is 0 Å². The number of aliphatic hydroxyl groups excluding tert-OH is 1. The van der Waals surface area contributed by atoms with E-state index in [9.17, 15) is 19.1 Å². The first-order valence-corrected chi connectivity index (χ1v) is 8.14. The van der Waals surface area contributed by atoms with Crippen LogP contribution in [-0.4, -0.2) is 52.8 Å². The number of hydrogen-bond donors (Lipinski definition) is 1. The predicted molar refractivity (Wildman–Crippen MR) is 89.0 cm³/mol. The van der Waals surface area contributed by atoms with Gasteiger partial charge in [-0.25, -0.2) is 4.39 Å². The molecule has 1 atom stereocenters. The van der Waals surface area contributed by atoms with Crippen molar-refractivity contribution in [1.82, 2.24) is 9.80 Å². The van der Waals surface area contributed by atoms with E-state index in [1.807, 2.05) is 13.8 Å². The fourth-order valence-electron chi connectivity index (χ4n) is 3.05. The zero-order valence-corrected chi connectivity index (χ0v) is 14.3. The maximum absolute atomic E-state index is 14.3. The van der Waals surface area contributed by atoms with E-state index in [0.29, 0.717) is 13.1 Å². The third kappa shape index (κ3) is 3.33. The van der Waals surface area contributed by atoms with Gasteiger partial charge in [-0.1, -0.05) is 32.0 Å². The van der Waals surface area contributed by atoms with Gasteiger partial charge in [-0.05, 0) is 26.1 Å². The molecule has 0 aromatic heterocycles. The van der Waals surface area contributed by atoms with Crippen LogP contribution in [0.25, 0.3) is 0 Å². The second kappa shape index (κ2) is 7.57. The maximum atomic E-state index is 14.3. The number of amides is 1. The molecular formula is C18H23FN2O3. The van der Waals surface area contributed by atoms with Crippen LogP contribution in [-0.2, 0) is 9.59 Å². The molecule has 0 bridgehead atoms. The van der Waals surface area contributed by atoms with Gasteiger partial charge in [-0.15, -0.1) is 0 Å². The Balaban J connectivity index is 2.40. The van der Waals surface area contributed by atoms with Crippen LogP contribution in [0.5, 0.6) is 0 Å². The van der Waals surface area contributed by atoms with Crippen LogP contribution in [0.2, 0.25) is 0 Å². The van der Waals surface area contributed by atoms with E-state index in [1.165, 1.54) is 17.9 Å². The normalized spacial score (nSPS) is 18.0. The highest BCUT2D eigenvalue weighted by atomic mass is 19.1. The summed E-state index contributed by atoms with van der Waals surface area (Å²) in [5, 5.41) is 10.1. The van der Waals surface area contributed by atoms with Crippen molar-refractivity contribution < 1.29 is 19.1 Å². The highest BCUT2D eigenvalue weighted by Crippen LogP contribution is 2.38. The van der Waals surface area contributed by atoms with Crippen LogP contribution in [0, 0.1) is 5.82 Å². The average Bonchev–Trinajstić information content (AvgIpc) is 2.81. The Labute approximate surface area is 141 Å². The van der Waals surface area contributed by atoms with Gasteiger partial charge in [-0.2, -0.15) is 0 Å². The second-order valence-electron chi connectivity index (χ2n) is 5.77. The number of halogens is 1. The van der Waals surface area contributed by atoms with Gasteiger partial charge in [0, 0.05) is 18.7 Å². The lowest BCUT2D eigenvalue weighted by Crippen LogP contribution is -2.38. The molecule has 1 aromatic carbocycles. The number of carbonyl (C=O) groups excluding carboxylic acids is 2. The molecule has 1 aliphatic rings. The minimum absolute atomic E-state index is 0.0374. The largest absolute Gasteiger partial charge is 0.503 e. The van der Waals surface area contributed by atoms with E-state index >= 15 is 0 Å². The standard InChI is InChI=1S/C18H23FN2O3/c1-4-20(5-2)10-11-21-16(13-8-6-7-9-14(13)19)15(12(3)22)17(23)18(21)24/h6-9,16,23H,4-5,10-11H2,1-3H3/t16-/m0/s1. The molecule has 0 unspecified atom stereocenters. The Morgan fingerprint density at radius 1 is 1.29 bits per heavy atom. The Kier molecular flexibility index (Phi) is 5.72. The Morgan fingerprint density at radius 3 is 2.46 bits per heavy atom. The number of likely N-dealkylation sites (N-methyl/N-ethyl adjacent to an activating group) is 1. The Hall–Kier alpha value is -2.21. The fraction of sp³-hybridized carbons (Fsp3) is 0.444. The number of hydrogen-bond acceptors (Lipinski definition) is 4. The molecule has 0 fully saturated rings. The quantitative estimate of drug-likeness (QED) is 0.832. The minimum atomic E-state index is -0.883. The molecule has 24 heavy (non-hydrogen) atoms. The Bertz CT molecular complexity index is 668. The summed E-state index contributed by atoms with van der Waals surface area (Å²) in [7, 11) is 0. The van der Waals surface area contributed by atoms with Gasteiger partial charge < -0.3 is 14.9 Å². The molecule has 0 saturated carbocycles. The summed E-state index contributed by atoms with van der Waals surface area (Å²) >= 11 is 0. The molecular weight excluding hydrogens is 311 g/mol. The maximum Gasteiger partial charge on any atom is 0.290 e. The molecule has 1 N–H and O–H groups in total. The number of ketones is 1. The van der Waals surface area contributed by atoms with Gasteiger partial charge in [0.1, 0.15) is 5.82 Å². The first kappa shape index (κ1) is 18.1. The number of nitrogens with zero attached hydrogens (tertiary/aromatic N) is 2. The zero-order chi connectivity index (χ0) is 17.9. The van der Waals surface area contributed by atoms with Gasteiger partial charge in [0.2, 0.25) is 0 Å². The van der Waals surface area contributed by atoms with Crippen LogP contribution in [0.1, 0.15) is 32.4 Å². The number of Topliss-reactive ketones (excluding diaryl/α,β-unsaturated/α-hetero) is 1. The van der Waals surface area contributed by atoms with Crippen molar-refractivity contribution in [3.63, 3.8) is 0 Å².